The Bertz CT molecular complexity index is 88.6. The van der Waals surface area contributed by atoms with Gasteiger partial charge in [-0.1, -0.05) is 13.3 Å². The van der Waals surface area contributed by atoms with E-state index in [0.29, 0.717) is 6.61 Å². The second kappa shape index (κ2) is 8.97. The molecule has 1 atom stereocenters. The standard InChI is InChI=1S/C9H21NO2/c1-4-5-6-10-7-9(12-3)8-11-2/h9-10H,4-8H2,1-3H3. The van der Waals surface area contributed by atoms with E-state index in [-0.39, 0.29) is 6.10 Å². The molecule has 74 valence electrons. The molecule has 0 aromatic heterocycles. The first kappa shape index (κ1) is 11.9. The minimum atomic E-state index is 0.187. The van der Waals surface area contributed by atoms with Crippen LogP contribution in [0, 0.1) is 0 Å². The van der Waals surface area contributed by atoms with Gasteiger partial charge in [-0.05, 0) is 13.0 Å². The summed E-state index contributed by atoms with van der Waals surface area (Å²) in [5.74, 6) is 0. The van der Waals surface area contributed by atoms with Gasteiger partial charge in [0.25, 0.3) is 0 Å². The Labute approximate surface area is 75.4 Å². The summed E-state index contributed by atoms with van der Waals surface area (Å²) in [6.45, 7) is 4.80. The van der Waals surface area contributed by atoms with Gasteiger partial charge < -0.3 is 14.8 Å². The van der Waals surface area contributed by atoms with Gasteiger partial charge in [-0.2, -0.15) is 0 Å². The molecule has 0 radical (unpaired) electrons. The summed E-state index contributed by atoms with van der Waals surface area (Å²) < 4.78 is 10.2. The van der Waals surface area contributed by atoms with Crippen molar-refractivity contribution in [3.63, 3.8) is 0 Å². The first-order chi connectivity index (χ1) is 5.85. The Balaban J connectivity index is 3.19. The van der Waals surface area contributed by atoms with Crippen LogP contribution in [0.2, 0.25) is 0 Å². The molecule has 0 amide bonds. The Kier molecular flexibility index (Phi) is 8.88. The van der Waals surface area contributed by atoms with Crippen LogP contribution in [0.4, 0.5) is 0 Å². The van der Waals surface area contributed by atoms with Gasteiger partial charge in [-0.25, -0.2) is 0 Å². The molecule has 0 heterocycles. The maximum Gasteiger partial charge on any atom is 0.0928 e. The molecule has 0 bridgehead atoms. The zero-order valence-corrected chi connectivity index (χ0v) is 8.43. The highest BCUT2D eigenvalue weighted by Gasteiger charge is 2.04. The summed E-state index contributed by atoms with van der Waals surface area (Å²) in [5, 5.41) is 3.32. The minimum Gasteiger partial charge on any atom is -0.382 e. The first-order valence-corrected chi connectivity index (χ1v) is 4.57. The second-order valence-corrected chi connectivity index (χ2v) is 2.87. The fourth-order valence-electron chi connectivity index (χ4n) is 0.961. The highest BCUT2D eigenvalue weighted by Crippen LogP contribution is 1.89. The molecular formula is C9H21NO2. The van der Waals surface area contributed by atoms with Crippen LogP contribution in [-0.2, 0) is 9.47 Å². The van der Waals surface area contributed by atoms with Crippen LogP contribution in [0.1, 0.15) is 19.8 Å². The first-order valence-electron chi connectivity index (χ1n) is 4.57. The number of hydrogen-bond acceptors (Lipinski definition) is 3. The summed E-state index contributed by atoms with van der Waals surface area (Å²) in [6, 6.07) is 0. The molecule has 0 aliphatic heterocycles. The third-order valence-electron chi connectivity index (χ3n) is 1.77. The molecule has 0 aliphatic carbocycles. The summed E-state index contributed by atoms with van der Waals surface area (Å²) in [6.07, 6.45) is 2.64. The zero-order chi connectivity index (χ0) is 9.23. The van der Waals surface area contributed by atoms with Crippen molar-refractivity contribution in [2.24, 2.45) is 0 Å². The molecule has 0 rings (SSSR count). The van der Waals surface area contributed by atoms with Gasteiger partial charge in [-0.3, -0.25) is 0 Å². The van der Waals surface area contributed by atoms with Gasteiger partial charge in [0.1, 0.15) is 0 Å². The Hall–Kier alpha value is -0.120. The van der Waals surface area contributed by atoms with Crippen molar-refractivity contribution in [2.75, 3.05) is 33.9 Å². The van der Waals surface area contributed by atoms with Crippen LogP contribution in [0.15, 0.2) is 0 Å². The van der Waals surface area contributed by atoms with E-state index < -0.39 is 0 Å². The van der Waals surface area contributed by atoms with E-state index in [1.165, 1.54) is 12.8 Å². The van der Waals surface area contributed by atoms with Crippen molar-refractivity contribution >= 4 is 0 Å². The van der Waals surface area contributed by atoms with Crippen LogP contribution in [0.25, 0.3) is 0 Å². The van der Waals surface area contributed by atoms with Crippen molar-refractivity contribution in [3.8, 4) is 0 Å². The fourth-order valence-corrected chi connectivity index (χ4v) is 0.961. The summed E-state index contributed by atoms with van der Waals surface area (Å²) in [7, 11) is 3.41. The van der Waals surface area contributed by atoms with Crippen molar-refractivity contribution in [3.05, 3.63) is 0 Å². The average molecular weight is 175 g/mol. The molecule has 0 aliphatic rings. The van der Waals surface area contributed by atoms with Crippen molar-refractivity contribution in [1.29, 1.82) is 0 Å². The number of nitrogens with one attached hydrogen (secondary N) is 1. The van der Waals surface area contributed by atoms with Crippen molar-refractivity contribution in [1.82, 2.24) is 5.32 Å². The van der Waals surface area contributed by atoms with E-state index in [1.807, 2.05) is 0 Å². The van der Waals surface area contributed by atoms with Crippen LogP contribution >= 0.6 is 0 Å². The molecule has 1 unspecified atom stereocenters. The van der Waals surface area contributed by atoms with E-state index in [0.717, 1.165) is 13.1 Å². The van der Waals surface area contributed by atoms with E-state index >= 15 is 0 Å². The van der Waals surface area contributed by atoms with Crippen LogP contribution in [0.5, 0.6) is 0 Å². The third-order valence-corrected chi connectivity index (χ3v) is 1.77. The monoisotopic (exact) mass is 175 g/mol. The fraction of sp³-hybridized carbons (Fsp3) is 1.00. The van der Waals surface area contributed by atoms with Crippen molar-refractivity contribution in [2.45, 2.75) is 25.9 Å². The third kappa shape index (κ3) is 6.58. The Morgan fingerprint density at radius 3 is 2.58 bits per heavy atom. The molecule has 0 aromatic rings. The van der Waals surface area contributed by atoms with Gasteiger partial charge in [-0.15, -0.1) is 0 Å². The molecule has 0 aromatic carbocycles. The molecule has 3 heteroatoms. The lowest BCUT2D eigenvalue weighted by atomic mass is 10.3. The Morgan fingerprint density at radius 2 is 2.08 bits per heavy atom. The molecule has 0 fully saturated rings. The number of methoxy groups -OCH3 is 2. The predicted molar refractivity (Wildman–Crippen MR) is 50.5 cm³/mol. The number of hydrogen-bond donors (Lipinski definition) is 1. The summed E-state index contributed by atoms with van der Waals surface area (Å²) in [4.78, 5) is 0. The molecule has 3 nitrogen and oxygen atoms in total. The second-order valence-electron chi connectivity index (χ2n) is 2.87. The predicted octanol–water partition coefficient (Wildman–Crippen LogP) is 1.04. The minimum absolute atomic E-state index is 0.187. The molecule has 0 spiro atoms. The maximum absolute atomic E-state index is 5.18. The molecule has 12 heavy (non-hydrogen) atoms. The van der Waals surface area contributed by atoms with Gasteiger partial charge in [0.15, 0.2) is 0 Å². The number of unbranched alkanes of at least 4 members (excludes halogenated alkanes) is 1. The maximum atomic E-state index is 5.18. The van der Waals surface area contributed by atoms with E-state index in [9.17, 15) is 0 Å². The molecular weight excluding hydrogens is 154 g/mol. The van der Waals surface area contributed by atoms with Gasteiger partial charge in [0, 0.05) is 20.8 Å². The lowest BCUT2D eigenvalue weighted by Gasteiger charge is -2.14. The van der Waals surface area contributed by atoms with Gasteiger partial charge in [0.05, 0.1) is 12.7 Å². The van der Waals surface area contributed by atoms with Crippen LogP contribution in [0.3, 0.4) is 0 Å². The summed E-state index contributed by atoms with van der Waals surface area (Å²) >= 11 is 0. The smallest absolute Gasteiger partial charge is 0.0928 e. The van der Waals surface area contributed by atoms with E-state index in [4.69, 9.17) is 9.47 Å². The molecule has 0 saturated carbocycles. The Morgan fingerprint density at radius 1 is 1.33 bits per heavy atom. The van der Waals surface area contributed by atoms with Gasteiger partial charge >= 0.3 is 0 Å². The van der Waals surface area contributed by atoms with E-state index in [2.05, 4.69) is 12.2 Å². The van der Waals surface area contributed by atoms with Crippen molar-refractivity contribution < 1.29 is 9.47 Å². The topological polar surface area (TPSA) is 30.5 Å². The highest BCUT2D eigenvalue weighted by atomic mass is 16.5. The largest absolute Gasteiger partial charge is 0.382 e. The van der Waals surface area contributed by atoms with Crippen LogP contribution in [-0.4, -0.2) is 40.0 Å². The number of ether oxygens (including phenoxy) is 2. The SMILES string of the molecule is CCCCNCC(COC)OC. The van der Waals surface area contributed by atoms with E-state index in [1.54, 1.807) is 14.2 Å². The lowest BCUT2D eigenvalue weighted by Crippen LogP contribution is -2.32. The quantitative estimate of drug-likeness (QED) is 0.559. The number of rotatable bonds is 8. The average Bonchev–Trinajstić information content (AvgIpc) is 2.10. The normalized spacial score (nSPS) is 13.2. The zero-order valence-electron chi connectivity index (χ0n) is 8.43. The van der Waals surface area contributed by atoms with Gasteiger partial charge in [0.2, 0.25) is 0 Å². The molecule has 1 N–H and O–H groups in total. The highest BCUT2D eigenvalue weighted by molar-refractivity contribution is 4.59. The van der Waals surface area contributed by atoms with Crippen LogP contribution < -0.4 is 5.32 Å². The lowest BCUT2D eigenvalue weighted by molar-refractivity contribution is 0.0290. The summed E-state index contributed by atoms with van der Waals surface area (Å²) in [5.41, 5.74) is 0. The molecule has 0 saturated heterocycles.